The summed E-state index contributed by atoms with van der Waals surface area (Å²) < 4.78 is 23.9. The molecule has 32 heavy (non-hydrogen) atoms. The Hall–Kier alpha value is -3.44. The normalized spacial score (nSPS) is 14.6. The monoisotopic (exact) mass is 476 g/mol. The molecule has 1 saturated heterocycles. The van der Waals surface area contributed by atoms with E-state index in [0.29, 0.717) is 17.9 Å². The molecule has 0 atom stereocenters. The van der Waals surface area contributed by atoms with Crippen LogP contribution in [0.5, 0.6) is 11.5 Å². The number of benzene rings is 2. The van der Waals surface area contributed by atoms with Crippen molar-refractivity contribution in [3.05, 3.63) is 64.3 Å². The summed E-state index contributed by atoms with van der Waals surface area (Å²) in [4.78, 5) is 36.1. The van der Waals surface area contributed by atoms with Crippen LogP contribution in [-0.4, -0.2) is 45.4 Å². The molecule has 3 rings (SSSR count). The molecule has 0 unspecified atom stereocenters. The molecule has 0 radical (unpaired) electrons. The van der Waals surface area contributed by atoms with Crippen LogP contribution in [0.4, 0.5) is 4.39 Å². The lowest BCUT2D eigenvalue weighted by atomic mass is 10.2. The number of ether oxygens (including phenoxy) is 2. The van der Waals surface area contributed by atoms with E-state index in [1.807, 2.05) is 0 Å². The summed E-state index contributed by atoms with van der Waals surface area (Å²) >= 11 is 6.20. The zero-order valence-electron chi connectivity index (χ0n) is 16.7. The van der Waals surface area contributed by atoms with Crippen molar-refractivity contribution in [2.24, 2.45) is 0 Å². The molecule has 1 heterocycles. The number of carbonyl (C=O) groups is 3. The lowest BCUT2D eigenvalue weighted by Crippen LogP contribution is -2.44. The molecule has 0 bridgehead atoms. The fourth-order valence-electron chi connectivity index (χ4n) is 2.62. The predicted molar refractivity (Wildman–Crippen MR) is 120 cm³/mol. The number of aliphatic carboxylic acids is 1. The van der Waals surface area contributed by atoms with Crippen molar-refractivity contribution in [2.75, 3.05) is 13.2 Å². The average molecular weight is 477 g/mol. The van der Waals surface area contributed by atoms with Gasteiger partial charge in [-0.05, 0) is 67.2 Å². The maximum Gasteiger partial charge on any atom is 0.341 e. The van der Waals surface area contributed by atoms with Crippen molar-refractivity contribution in [2.45, 2.75) is 6.92 Å². The van der Waals surface area contributed by atoms with Crippen LogP contribution in [0.1, 0.15) is 22.8 Å². The molecule has 1 aliphatic heterocycles. The van der Waals surface area contributed by atoms with Crippen LogP contribution in [0.2, 0.25) is 0 Å². The molecule has 2 aromatic rings. The average Bonchev–Trinajstić information content (AvgIpc) is 3.01. The second-order valence-electron chi connectivity index (χ2n) is 6.29. The van der Waals surface area contributed by atoms with Crippen molar-refractivity contribution in [1.82, 2.24) is 10.4 Å². The van der Waals surface area contributed by atoms with Crippen LogP contribution in [0.3, 0.4) is 0 Å². The van der Waals surface area contributed by atoms with Gasteiger partial charge in [-0.25, -0.2) is 9.18 Å². The van der Waals surface area contributed by atoms with Gasteiger partial charge in [0.2, 0.25) is 0 Å². The van der Waals surface area contributed by atoms with Gasteiger partial charge in [0.05, 0.1) is 11.5 Å². The predicted octanol–water partition coefficient (Wildman–Crippen LogP) is 3.23. The summed E-state index contributed by atoms with van der Waals surface area (Å²) in [5.41, 5.74) is 3.17. The fraction of sp³-hybridized carbons (Fsp3) is 0.143. The summed E-state index contributed by atoms with van der Waals surface area (Å²) in [5.74, 6) is -2.17. The lowest BCUT2D eigenvalue weighted by Gasteiger charge is -2.15. The number of thiocarbonyl (C=S) groups is 1. The number of carbonyl (C=O) groups excluding carboxylic acids is 2. The lowest BCUT2D eigenvalue weighted by molar-refractivity contribution is -0.139. The Bertz CT molecular complexity index is 1100. The van der Waals surface area contributed by atoms with Gasteiger partial charge in [0.25, 0.3) is 11.8 Å². The second-order valence-corrected chi connectivity index (χ2v) is 7.96. The molecule has 1 fully saturated rings. The van der Waals surface area contributed by atoms with Crippen LogP contribution in [0, 0.1) is 5.82 Å². The minimum atomic E-state index is -1.12. The molecule has 0 saturated carbocycles. The van der Waals surface area contributed by atoms with Gasteiger partial charge < -0.3 is 14.6 Å². The molecule has 0 aromatic heterocycles. The van der Waals surface area contributed by atoms with E-state index in [4.69, 9.17) is 26.8 Å². The van der Waals surface area contributed by atoms with Gasteiger partial charge in [-0.1, -0.05) is 17.8 Å². The zero-order valence-corrected chi connectivity index (χ0v) is 18.3. The minimum Gasteiger partial charge on any atom is -0.490 e. The van der Waals surface area contributed by atoms with Crippen molar-refractivity contribution < 1.29 is 33.4 Å². The number of halogens is 1. The molecule has 8 nitrogen and oxygen atoms in total. The van der Waals surface area contributed by atoms with E-state index in [9.17, 15) is 18.8 Å². The molecule has 166 valence electrons. The van der Waals surface area contributed by atoms with Gasteiger partial charge in [0.15, 0.2) is 22.4 Å². The highest BCUT2D eigenvalue weighted by Gasteiger charge is 2.33. The molecule has 1 aliphatic rings. The molecule has 0 aliphatic carbocycles. The molecular formula is C21H17FN2O6S2. The van der Waals surface area contributed by atoms with Crippen LogP contribution in [-0.2, 0) is 9.59 Å². The van der Waals surface area contributed by atoms with E-state index in [1.165, 1.54) is 18.2 Å². The highest BCUT2D eigenvalue weighted by atomic mass is 32.2. The number of nitrogens with one attached hydrogen (secondary N) is 1. The Balaban J connectivity index is 1.77. The Morgan fingerprint density at radius 3 is 2.56 bits per heavy atom. The number of nitrogens with zero attached hydrogens (tertiary/aromatic N) is 1. The van der Waals surface area contributed by atoms with Crippen LogP contribution in [0.25, 0.3) is 6.08 Å². The van der Waals surface area contributed by atoms with E-state index in [-0.39, 0.29) is 20.5 Å². The van der Waals surface area contributed by atoms with E-state index < -0.39 is 30.2 Å². The summed E-state index contributed by atoms with van der Waals surface area (Å²) in [5, 5.41) is 9.74. The van der Waals surface area contributed by atoms with Crippen molar-refractivity contribution in [3.8, 4) is 11.5 Å². The maximum atomic E-state index is 13.0. The summed E-state index contributed by atoms with van der Waals surface area (Å²) in [6.45, 7) is 1.57. The number of carboxylic acids is 1. The van der Waals surface area contributed by atoms with E-state index in [2.05, 4.69) is 5.43 Å². The highest BCUT2D eigenvalue weighted by Crippen LogP contribution is 2.34. The number of hydrogen-bond donors (Lipinski definition) is 2. The van der Waals surface area contributed by atoms with Gasteiger partial charge in [0.1, 0.15) is 5.82 Å². The van der Waals surface area contributed by atoms with E-state index in [0.717, 1.165) is 28.9 Å². The van der Waals surface area contributed by atoms with E-state index in [1.54, 1.807) is 25.1 Å². The Labute approximate surface area is 192 Å². The summed E-state index contributed by atoms with van der Waals surface area (Å²) in [6, 6.07) is 9.63. The summed E-state index contributed by atoms with van der Waals surface area (Å²) in [7, 11) is 0. The molecule has 2 amide bonds. The van der Waals surface area contributed by atoms with E-state index >= 15 is 0 Å². The van der Waals surface area contributed by atoms with Crippen molar-refractivity contribution in [3.63, 3.8) is 0 Å². The number of amides is 2. The number of rotatable bonds is 8. The number of hydrazine groups is 1. The Kier molecular flexibility index (Phi) is 7.44. The molecule has 2 aromatic carbocycles. The van der Waals surface area contributed by atoms with Gasteiger partial charge in [0, 0.05) is 5.56 Å². The SMILES string of the molecule is CCOc1cc(/C=C2/SC(=S)N(NC(=O)c3ccc(F)cc3)C2=O)ccc1OCC(=O)O. The summed E-state index contributed by atoms with van der Waals surface area (Å²) in [6.07, 6.45) is 1.56. The van der Waals surface area contributed by atoms with Gasteiger partial charge in [-0.3, -0.25) is 15.0 Å². The zero-order chi connectivity index (χ0) is 23.3. The van der Waals surface area contributed by atoms with Gasteiger partial charge in [-0.2, -0.15) is 5.01 Å². The standard InChI is InChI=1S/C21H17FN2O6S2/c1-2-29-16-9-12(3-8-15(16)30-11-18(25)26)10-17-20(28)24(21(31)32-17)23-19(27)13-4-6-14(22)7-5-13/h3-10H,2,11H2,1H3,(H,23,27)(H,25,26)/b17-10+. The first-order chi connectivity index (χ1) is 15.3. The largest absolute Gasteiger partial charge is 0.490 e. The third-order valence-electron chi connectivity index (χ3n) is 4.03. The third kappa shape index (κ3) is 5.62. The third-order valence-corrected chi connectivity index (χ3v) is 5.33. The van der Waals surface area contributed by atoms with Crippen LogP contribution in [0.15, 0.2) is 47.4 Å². The molecular weight excluding hydrogens is 459 g/mol. The Morgan fingerprint density at radius 1 is 1.19 bits per heavy atom. The first-order valence-corrected chi connectivity index (χ1v) is 10.5. The first kappa shape index (κ1) is 23.2. The quantitative estimate of drug-likeness (QED) is 0.442. The van der Waals surface area contributed by atoms with Crippen LogP contribution >= 0.6 is 24.0 Å². The number of thioether (sulfide) groups is 1. The topological polar surface area (TPSA) is 105 Å². The minimum absolute atomic E-state index is 0.128. The first-order valence-electron chi connectivity index (χ1n) is 9.24. The van der Waals surface area contributed by atoms with Crippen LogP contribution < -0.4 is 14.9 Å². The number of hydrogen-bond acceptors (Lipinski definition) is 7. The maximum absolute atomic E-state index is 13.0. The fourth-order valence-corrected chi connectivity index (χ4v) is 3.80. The second kappa shape index (κ2) is 10.2. The highest BCUT2D eigenvalue weighted by molar-refractivity contribution is 8.26. The van der Waals surface area contributed by atoms with Gasteiger partial charge >= 0.3 is 5.97 Å². The molecule has 0 spiro atoms. The number of carboxylic acid groups (broad SMARTS) is 1. The Morgan fingerprint density at radius 2 is 1.91 bits per heavy atom. The molecule has 2 N–H and O–H groups in total. The van der Waals surface area contributed by atoms with Gasteiger partial charge in [-0.15, -0.1) is 0 Å². The smallest absolute Gasteiger partial charge is 0.341 e. The van der Waals surface area contributed by atoms with Crippen molar-refractivity contribution in [1.29, 1.82) is 0 Å². The van der Waals surface area contributed by atoms with Crippen molar-refractivity contribution >= 4 is 52.2 Å². The molecule has 11 heteroatoms.